The first-order valence-corrected chi connectivity index (χ1v) is 7.96. The van der Waals surface area contributed by atoms with Crippen LogP contribution < -0.4 is 5.32 Å². The van der Waals surface area contributed by atoms with Gasteiger partial charge in [-0.05, 0) is 31.5 Å². The number of fused-ring (bicyclic) bond motifs is 1. The summed E-state index contributed by atoms with van der Waals surface area (Å²) >= 11 is 3.35. The number of benzene rings is 1. The number of ether oxygens (including phenoxy) is 1. The van der Waals surface area contributed by atoms with Crippen molar-refractivity contribution in [3.8, 4) is 0 Å². The van der Waals surface area contributed by atoms with E-state index in [4.69, 9.17) is 4.74 Å². The summed E-state index contributed by atoms with van der Waals surface area (Å²) in [6, 6.07) is 5.49. The number of rotatable bonds is 4. The summed E-state index contributed by atoms with van der Waals surface area (Å²) < 4.78 is 6.68. The van der Waals surface area contributed by atoms with Crippen molar-refractivity contribution in [2.24, 2.45) is 0 Å². The molecule has 2 heterocycles. The maximum Gasteiger partial charge on any atom is 0.292 e. The van der Waals surface area contributed by atoms with Crippen LogP contribution in [0.5, 0.6) is 0 Å². The number of nitro groups is 1. The van der Waals surface area contributed by atoms with Crippen LogP contribution in [0.1, 0.15) is 12.8 Å². The number of nitrogens with one attached hydrogen (secondary N) is 1. The Kier molecular flexibility index (Phi) is 4.42. The third-order valence-electron chi connectivity index (χ3n) is 4.14. The maximum atomic E-state index is 11.0. The molecule has 1 N–H and O–H groups in total. The molecule has 2 aliphatic rings. The molecule has 2 aliphatic heterocycles. The average molecular weight is 356 g/mol. The SMILES string of the molecule is O=[N+]([O-])c1ccc(Br)cc1NCC1CN2CCCC2CO1. The Balaban J connectivity index is 1.62. The molecule has 2 atom stereocenters. The topological polar surface area (TPSA) is 67.6 Å². The molecule has 0 spiro atoms. The molecule has 1 aromatic carbocycles. The van der Waals surface area contributed by atoms with Gasteiger partial charge in [0.15, 0.2) is 0 Å². The second kappa shape index (κ2) is 6.29. The van der Waals surface area contributed by atoms with Crippen molar-refractivity contribution in [2.75, 3.05) is 31.6 Å². The molecular formula is C14H18BrN3O3. The van der Waals surface area contributed by atoms with Crippen molar-refractivity contribution in [1.29, 1.82) is 0 Å². The lowest BCUT2D eigenvalue weighted by Crippen LogP contribution is -2.48. The number of anilines is 1. The van der Waals surface area contributed by atoms with Gasteiger partial charge >= 0.3 is 0 Å². The molecule has 2 saturated heterocycles. The van der Waals surface area contributed by atoms with Crippen LogP contribution in [0.4, 0.5) is 11.4 Å². The van der Waals surface area contributed by atoms with E-state index in [1.165, 1.54) is 18.9 Å². The Morgan fingerprint density at radius 1 is 1.52 bits per heavy atom. The monoisotopic (exact) mass is 355 g/mol. The van der Waals surface area contributed by atoms with Crippen molar-refractivity contribution < 1.29 is 9.66 Å². The molecule has 6 nitrogen and oxygen atoms in total. The highest BCUT2D eigenvalue weighted by molar-refractivity contribution is 9.10. The molecule has 0 radical (unpaired) electrons. The smallest absolute Gasteiger partial charge is 0.292 e. The van der Waals surface area contributed by atoms with Crippen molar-refractivity contribution in [3.63, 3.8) is 0 Å². The summed E-state index contributed by atoms with van der Waals surface area (Å²) in [6.07, 6.45) is 2.54. The van der Waals surface area contributed by atoms with Crippen LogP contribution in [0.15, 0.2) is 22.7 Å². The molecule has 0 aromatic heterocycles. The van der Waals surface area contributed by atoms with Gasteiger partial charge in [0.05, 0.1) is 17.6 Å². The van der Waals surface area contributed by atoms with Crippen LogP contribution in [0.2, 0.25) is 0 Å². The molecule has 21 heavy (non-hydrogen) atoms. The Morgan fingerprint density at radius 2 is 2.38 bits per heavy atom. The number of halogens is 1. The van der Waals surface area contributed by atoms with Crippen LogP contribution in [-0.2, 0) is 4.74 Å². The van der Waals surface area contributed by atoms with E-state index >= 15 is 0 Å². The van der Waals surface area contributed by atoms with Crippen LogP contribution in [0.25, 0.3) is 0 Å². The molecular weight excluding hydrogens is 338 g/mol. The minimum atomic E-state index is -0.368. The Hall–Kier alpha value is -1.18. The summed E-state index contributed by atoms with van der Waals surface area (Å²) in [6.45, 7) is 3.40. The normalized spacial score (nSPS) is 25.6. The summed E-state index contributed by atoms with van der Waals surface area (Å²) in [4.78, 5) is 13.1. The zero-order valence-corrected chi connectivity index (χ0v) is 13.2. The van der Waals surface area contributed by atoms with Gasteiger partial charge in [0, 0.05) is 29.7 Å². The highest BCUT2D eigenvalue weighted by Gasteiger charge is 2.32. The van der Waals surface area contributed by atoms with Gasteiger partial charge in [0.1, 0.15) is 5.69 Å². The van der Waals surface area contributed by atoms with E-state index in [0.717, 1.165) is 24.2 Å². The largest absolute Gasteiger partial charge is 0.377 e. The molecule has 2 unspecified atom stereocenters. The standard InChI is InChI=1S/C14H18BrN3O3/c15-10-3-4-14(18(19)20)13(6-10)16-7-12-8-17-5-1-2-11(17)9-21-12/h3-4,6,11-12,16H,1-2,5,7-9H2. The van der Waals surface area contributed by atoms with E-state index in [-0.39, 0.29) is 16.7 Å². The maximum absolute atomic E-state index is 11.0. The van der Waals surface area contributed by atoms with Crippen LogP contribution >= 0.6 is 15.9 Å². The van der Waals surface area contributed by atoms with Crippen molar-refractivity contribution in [1.82, 2.24) is 4.90 Å². The molecule has 0 aliphatic carbocycles. The fourth-order valence-electron chi connectivity index (χ4n) is 3.04. The minimum absolute atomic E-state index is 0.0814. The fraction of sp³-hybridized carbons (Fsp3) is 0.571. The highest BCUT2D eigenvalue weighted by Crippen LogP contribution is 2.28. The summed E-state index contributed by atoms with van der Waals surface area (Å²) in [7, 11) is 0. The number of nitrogens with zero attached hydrogens (tertiary/aromatic N) is 2. The molecule has 3 rings (SSSR count). The average Bonchev–Trinajstić information content (AvgIpc) is 2.92. The quantitative estimate of drug-likeness (QED) is 0.664. The number of nitro benzene ring substituents is 1. The van der Waals surface area contributed by atoms with Crippen molar-refractivity contribution >= 4 is 27.3 Å². The first-order valence-electron chi connectivity index (χ1n) is 7.17. The molecule has 0 bridgehead atoms. The van der Waals surface area contributed by atoms with Gasteiger partial charge in [-0.15, -0.1) is 0 Å². The second-order valence-corrected chi connectivity index (χ2v) is 6.46. The van der Waals surface area contributed by atoms with Gasteiger partial charge in [0.25, 0.3) is 5.69 Å². The van der Waals surface area contributed by atoms with Gasteiger partial charge in [0.2, 0.25) is 0 Å². The van der Waals surface area contributed by atoms with E-state index < -0.39 is 0 Å². The summed E-state index contributed by atoms with van der Waals surface area (Å²) in [5.41, 5.74) is 0.620. The lowest BCUT2D eigenvalue weighted by Gasteiger charge is -2.35. The highest BCUT2D eigenvalue weighted by atomic mass is 79.9. The minimum Gasteiger partial charge on any atom is -0.377 e. The van der Waals surface area contributed by atoms with E-state index in [0.29, 0.717) is 18.3 Å². The predicted octanol–water partition coefficient (Wildman–Crippen LogP) is 2.63. The van der Waals surface area contributed by atoms with Crippen molar-refractivity contribution in [2.45, 2.75) is 25.0 Å². The van der Waals surface area contributed by atoms with Gasteiger partial charge in [-0.3, -0.25) is 15.0 Å². The van der Waals surface area contributed by atoms with E-state index in [9.17, 15) is 10.1 Å². The molecule has 0 saturated carbocycles. The van der Waals surface area contributed by atoms with Gasteiger partial charge in [-0.2, -0.15) is 0 Å². The predicted molar refractivity (Wildman–Crippen MR) is 83.6 cm³/mol. The summed E-state index contributed by atoms with van der Waals surface area (Å²) in [5.74, 6) is 0. The van der Waals surface area contributed by atoms with Gasteiger partial charge in [-0.1, -0.05) is 15.9 Å². The lowest BCUT2D eigenvalue weighted by molar-refractivity contribution is -0.384. The van der Waals surface area contributed by atoms with E-state index in [1.54, 1.807) is 12.1 Å². The first kappa shape index (κ1) is 14.7. The molecule has 2 fully saturated rings. The lowest BCUT2D eigenvalue weighted by atomic mass is 10.2. The number of hydrogen-bond donors (Lipinski definition) is 1. The number of hydrogen-bond acceptors (Lipinski definition) is 5. The molecule has 0 amide bonds. The third kappa shape index (κ3) is 3.36. The Labute approximate surface area is 131 Å². The molecule has 1 aromatic rings. The fourth-order valence-corrected chi connectivity index (χ4v) is 3.40. The van der Waals surface area contributed by atoms with E-state index in [1.807, 2.05) is 0 Å². The third-order valence-corrected chi connectivity index (χ3v) is 4.63. The Morgan fingerprint density at radius 3 is 3.19 bits per heavy atom. The molecule has 114 valence electrons. The van der Waals surface area contributed by atoms with Crippen LogP contribution in [0.3, 0.4) is 0 Å². The zero-order chi connectivity index (χ0) is 14.8. The first-order chi connectivity index (χ1) is 10.1. The van der Waals surface area contributed by atoms with Crippen LogP contribution in [-0.4, -0.2) is 48.2 Å². The zero-order valence-electron chi connectivity index (χ0n) is 11.6. The van der Waals surface area contributed by atoms with Crippen LogP contribution in [0, 0.1) is 10.1 Å². The second-order valence-electron chi connectivity index (χ2n) is 5.55. The van der Waals surface area contributed by atoms with Gasteiger partial charge < -0.3 is 10.1 Å². The van der Waals surface area contributed by atoms with Gasteiger partial charge in [-0.25, -0.2) is 0 Å². The van der Waals surface area contributed by atoms with E-state index in [2.05, 4.69) is 26.1 Å². The Bertz CT molecular complexity index is 540. The summed E-state index contributed by atoms with van der Waals surface area (Å²) in [5, 5.41) is 14.2. The van der Waals surface area contributed by atoms with Crippen molar-refractivity contribution in [3.05, 3.63) is 32.8 Å². The molecule has 7 heteroatoms. The number of morpholine rings is 1.